The molecule has 1 aromatic heterocycles. The molecule has 118 valence electrons. The standard InChI is InChI=1S/C16H20N2O2S2/c1-13-8-9-16(21-13)22(19,20)17-14-6-5-7-15(12-14)18-10-3-2-4-11-18/h5-9,12,17H,2-4,10-11H2,1H3. The van der Waals surface area contributed by atoms with Crippen molar-refractivity contribution in [1.82, 2.24) is 0 Å². The Morgan fingerprint density at radius 2 is 1.86 bits per heavy atom. The summed E-state index contributed by atoms with van der Waals surface area (Å²) in [6, 6.07) is 11.1. The van der Waals surface area contributed by atoms with Crippen molar-refractivity contribution in [3.63, 3.8) is 0 Å². The maximum absolute atomic E-state index is 12.4. The van der Waals surface area contributed by atoms with Crippen LogP contribution in [0.5, 0.6) is 0 Å². The van der Waals surface area contributed by atoms with Gasteiger partial charge in [-0.15, -0.1) is 11.3 Å². The normalized spacial score (nSPS) is 15.8. The van der Waals surface area contributed by atoms with E-state index in [1.54, 1.807) is 12.1 Å². The van der Waals surface area contributed by atoms with Crippen LogP contribution in [0.15, 0.2) is 40.6 Å². The van der Waals surface area contributed by atoms with Crippen molar-refractivity contribution in [2.45, 2.75) is 30.4 Å². The summed E-state index contributed by atoms with van der Waals surface area (Å²) in [5, 5.41) is 0. The second kappa shape index (κ2) is 6.30. The lowest BCUT2D eigenvalue weighted by atomic mass is 10.1. The van der Waals surface area contributed by atoms with Crippen molar-refractivity contribution >= 4 is 32.7 Å². The summed E-state index contributed by atoms with van der Waals surface area (Å²) >= 11 is 1.29. The molecular formula is C16H20N2O2S2. The molecule has 1 aliphatic rings. The molecule has 1 aromatic carbocycles. The van der Waals surface area contributed by atoms with Crippen LogP contribution in [0.3, 0.4) is 0 Å². The van der Waals surface area contributed by atoms with Crippen molar-refractivity contribution in [3.05, 3.63) is 41.3 Å². The summed E-state index contributed by atoms with van der Waals surface area (Å²) in [4.78, 5) is 3.30. The predicted molar refractivity (Wildman–Crippen MR) is 92.4 cm³/mol. The Bertz CT molecular complexity index is 747. The molecule has 0 bridgehead atoms. The first-order valence-corrected chi connectivity index (χ1v) is 9.79. The number of thiophene rings is 1. The lowest BCUT2D eigenvalue weighted by molar-refractivity contribution is 0.578. The van der Waals surface area contributed by atoms with Gasteiger partial charge in [0.25, 0.3) is 10.0 Å². The molecular weight excluding hydrogens is 316 g/mol. The summed E-state index contributed by atoms with van der Waals surface area (Å²) in [5.41, 5.74) is 1.70. The summed E-state index contributed by atoms with van der Waals surface area (Å²) < 4.78 is 27.8. The number of piperidine rings is 1. The van der Waals surface area contributed by atoms with Crippen LogP contribution in [0, 0.1) is 6.92 Å². The molecule has 1 saturated heterocycles. The molecule has 1 fully saturated rings. The Labute approximate surface area is 135 Å². The maximum Gasteiger partial charge on any atom is 0.271 e. The number of benzene rings is 1. The first-order chi connectivity index (χ1) is 10.5. The topological polar surface area (TPSA) is 49.4 Å². The smallest absolute Gasteiger partial charge is 0.271 e. The van der Waals surface area contributed by atoms with Crippen LogP contribution in [0.2, 0.25) is 0 Å². The molecule has 2 heterocycles. The van der Waals surface area contributed by atoms with E-state index in [9.17, 15) is 8.42 Å². The molecule has 22 heavy (non-hydrogen) atoms. The van der Waals surface area contributed by atoms with Crippen LogP contribution < -0.4 is 9.62 Å². The first-order valence-electron chi connectivity index (χ1n) is 7.49. The van der Waals surface area contributed by atoms with Gasteiger partial charge < -0.3 is 4.90 Å². The third kappa shape index (κ3) is 3.44. The van der Waals surface area contributed by atoms with Gasteiger partial charge in [-0.2, -0.15) is 0 Å². The van der Waals surface area contributed by atoms with Gasteiger partial charge in [-0.1, -0.05) is 6.07 Å². The molecule has 0 amide bonds. The number of hydrogen-bond acceptors (Lipinski definition) is 4. The van der Waals surface area contributed by atoms with E-state index in [1.165, 1.54) is 30.6 Å². The van der Waals surface area contributed by atoms with Crippen molar-refractivity contribution in [2.75, 3.05) is 22.7 Å². The van der Waals surface area contributed by atoms with E-state index < -0.39 is 10.0 Å². The average molecular weight is 336 g/mol. The van der Waals surface area contributed by atoms with Crippen molar-refractivity contribution in [3.8, 4) is 0 Å². The highest BCUT2D eigenvalue weighted by Crippen LogP contribution is 2.26. The molecule has 0 spiro atoms. The summed E-state index contributed by atoms with van der Waals surface area (Å²) in [7, 11) is -3.49. The Morgan fingerprint density at radius 1 is 1.09 bits per heavy atom. The van der Waals surface area contributed by atoms with Crippen LogP contribution in [0.25, 0.3) is 0 Å². The van der Waals surface area contributed by atoms with Crippen molar-refractivity contribution in [1.29, 1.82) is 0 Å². The largest absolute Gasteiger partial charge is 0.371 e. The highest BCUT2D eigenvalue weighted by Gasteiger charge is 2.17. The minimum atomic E-state index is -3.49. The first kappa shape index (κ1) is 15.4. The molecule has 1 N–H and O–H groups in total. The number of sulfonamides is 1. The van der Waals surface area contributed by atoms with Gasteiger partial charge >= 0.3 is 0 Å². The average Bonchev–Trinajstić information content (AvgIpc) is 2.96. The zero-order valence-electron chi connectivity index (χ0n) is 12.6. The summed E-state index contributed by atoms with van der Waals surface area (Å²) in [6.45, 7) is 3.99. The zero-order valence-corrected chi connectivity index (χ0v) is 14.2. The van der Waals surface area contributed by atoms with E-state index in [0.717, 1.165) is 23.7 Å². The third-order valence-electron chi connectivity index (χ3n) is 3.80. The number of aryl methyl sites for hydroxylation is 1. The lowest BCUT2D eigenvalue weighted by Gasteiger charge is -2.29. The van der Waals surface area contributed by atoms with Gasteiger partial charge in [-0.05, 0) is 56.5 Å². The number of rotatable bonds is 4. The Morgan fingerprint density at radius 3 is 2.55 bits per heavy atom. The minimum absolute atomic E-state index is 0.355. The van der Waals surface area contributed by atoms with Crippen molar-refractivity contribution < 1.29 is 8.42 Å². The molecule has 1 aliphatic heterocycles. The second-order valence-electron chi connectivity index (χ2n) is 5.57. The van der Waals surface area contributed by atoms with Crippen LogP contribution in [0.1, 0.15) is 24.1 Å². The Hall–Kier alpha value is -1.53. The van der Waals surface area contributed by atoms with Gasteiger partial charge in [0.1, 0.15) is 4.21 Å². The summed E-state index contributed by atoms with van der Waals surface area (Å²) in [6.07, 6.45) is 3.68. The molecule has 0 radical (unpaired) electrons. The van der Waals surface area contributed by atoms with E-state index in [4.69, 9.17) is 0 Å². The van der Waals surface area contributed by atoms with Crippen LogP contribution >= 0.6 is 11.3 Å². The quantitative estimate of drug-likeness (QED) is 0.922. The number of anilines is 2. The van der Waals surface area contributed by atoms with E-state index in [2.05, 4.69) is 9.62 Å². The highest BCUT2D eigenvalue weighted by molar-refractivity contribution is 7.94. The SMILES string of the molecule is Cc1ccc(S(=O)(=O)Nc2cccc(N3CCCCC3)c2)s1. The molecule has 4 nitrogen and oxygen atoms in total. The molecule has 0 aliphatic carbocycles. The highest BCUT2D eigenvalue weighted by atomic mass is 32.2. The fourth-order valence-electron chi connectivity index (χ4n) is 2.68. The van der Waals surface area contributed by atoms with E-state index in [-0.39, 0.29) is 0 Å². The Balaban J connectivity index is 1.80. The second-order valence-corrected chi connectivity index (χ2v) is 8.77. The number of nitrogens with one attached hydrogen (secondary N) is 1. The van der Waals surface area contributed by atoms with Crippen LogP contribution in [0.4, 0.5) is 11.4 Å². The van der Waals surface area contributed by atoms with Crippen LogP contribution in [-0.2, 0) is 10.0 Å². The monoisotopic (exact) mass is 336 g/mol. The van der Waals surface area contributed by atoms with E-state index in [0.29, 0.717) is 9.90 Å². The fraction of sp³-hybridized carbons (Fsp3) is 0.375. The fourth-order valence-corrected chi connectivity index (χ4v) is 5.01. The van der Waals surface area contributed by atoms with Gasteiger partial charge in [-0.3, -0.25) is 4.72 Å². The molecule has 0 atom stereocenters. The third-order valence-corrected chi connectivity index (χ3v) is 6.67. The van der Waals surface area contributed by atoms with Gasteiger partial charge in [0, 0.05) is 23.7 Å². The number of hydrogen-bond donors (Lipinski definition) is 1. The van der Waals surface area contributed by atoms with Gasteiger partial charge in [0.2, 0.25) is 0 Å². The Kier molecular flexibility index (Phi) is 4.40. The maximum atomic E-state index is 12.4. The molecule has 0 unspecified atom stereocenters. The van der Waals surface area contributed by atoms with Gasteiger partial charge in [0.05, 0.1) is 5.69 Å². The number of nitrogens with zero attached hydrogens (tertiary/aromatic N) is 1. The van der Waals surface area contributed by atoms with Gasteiger partial charge in [-0.25, -0.2) is 8.42 Å². The lowest BCUT2D eigenvalue weighted by Crippen LogP contribution is -2.29. The van der Waals surface area contributed by atoms with E-state index >= 15 is 0 Å². The van der Waals surface area contributed by atoms with Gasteiger partial charge in [0.15, 0.2) is 0 Å². The van der Waals surface area contributed by atoms with E-state index in [1.807, 2.05) is 31.2 Å². The zero-order chi connectivity index (χ0) is 15.6. The predicted octanol–water partition coefficient (Wildman–Crippen LogP) is 3.85. The summed E-state index contributed by atoms with van der Waals surface area (Å²) in [5.74, 6) is 0. The molecule has 2 aromatic rings. The molecule has 0 saturated carbocycles. The molecule has 3 rings (SSSR count). The van der Waals surface area contributed by atoms with Crippen molar-refractivity contribution in [2.24, 2.45) is 0 Å². The molecule has 6 heteroatoms. The van der Waals surface area contributed by atoms with Crippen LogP contribution in [-0.4, -0.2) is 21.5 Å². The minimum Gasteiger partial charge on any atom is -0.371 e.